The van der Waals surface area contributed by atoms with Gasteiger partial charge in [0.1, 0.15) is 12.3 Å². The largest absolute Gasteiger partial charge is 0.495 e. The number of nitrogens with zero attached hydrogens (tertiary/aromatic N) is 4. The van der Waals surface area contributed by atoms with Crippen LogP contribution >= 0.6 is 0 Å². The van der Waals surface area contributed by atoms with Crippen LogP contribution in [0.1, 0.15) is 30.2 Å². The van der Waals surface area contributed by atoms with Gasteiger partial charge in [-0.25, -0.2) is 0 Å². The third-order valence-corrected chi connectivity index (χ3v) is 4.26. The van der Waals surface area contributed by atoms with E-state index < -0.39 is 0 Å². The third-order valence-electron chi connectivity index (χ3n) is 4.26. The van der Waals surface area contributed by atoms with Gasteiger partial charge < -0.3 is 14.5 Å². The molecule has 132 valence electrons. The number of amides is 2. The normalized spacial score (nSPS) is 15.0. The molecule has 1 fully saturated rings. The van der Waals surface area contributed by atoms with Gasteiger partial charge in [-0.05, 0) is 26.0 Å². The quantitative estimate of drug-likeness (QED) is 0.852. The maximum absolute atomic E-state index is 12.6. The van der Waals surface area contributed by atoms with Gasteiger partial charge in [-0.1, -0.05) is 12.1 Å². The number of rotatable bonds is 4. The Morgan fingerprint density at radius 1 is 1.24 bits per heavy atom. The SMILES string of the molecule is COc1ccccc1N1CCN(C(=O)c2cnn(C(C)C)c2)CC1=O. The van der Waals surface area contributed by atoms with E-state index in [1.54, 1.807) is 34.0 Å². The molecule has 0 aliphatic carbocycles. The molecule has 1 aliphatic rings. The lowest BCUT2D eigenvalue weighted by atomic mass is 10.2. The first kappa shape index (κ1) is 17.0. The number of piperazine rings is 1. The van der Waals surface area contributed by atoms with Crippen molar-refractivity contribution in [3.05, 3.63) is 42.2 Å². The van der Waals surface area contributed by atoms with Crippen molar-refractivity contribution < 1.29 is 14.3 Å². The minimum Gasteiger partial charge on any atom is -0.495 e. The molecule has 2 heterocycles. The number of hydrogen-bond acceptors (Lipinski definition) is 4. The summed E-state index contributed by atoms with van der Waals surface area (Å²) in [5.74, 6) is 0.356. The number of methoxy groups -OCH3 is 1. The number of carbonyl (C=O) groups excluding carboxylic acids is 2. The van der Waals surface area contributed by atoms with Gasteiger partial charge in [0.2, 0.25) is 5.91 Å². The molecule has 0 saturated carbocycles. The van der Waals surface area contributed by atoms with Crippen LogP contribution in [0.5, 0.6) is 5.75 Å². The van der Waals surface area contributed by atoms with Crippen molar-refractivity contribution in [2.24, 2.45) is 0 Å². The molecule has 0 radical (unpaired) electrons. The molecular formula is C18H22N4O3. The third kappa shape index (κ3) is 3.35. The molecule has 1 aliphatic heterocycles. The van der Waals surface area contributed by atoms with Crippen LogP contribution < -0.4 is 9.64 Å². The zero-order valence-corrected chi connectivity index (χ0v) is 14.7. The van der Waals surface area contributed by atoms with Crippen LogP contribution in [0.2, 0.25) is 0 Å². The van der Waals surface area contributed by atoms with Crippen molar-refractivity contribution in [1.29, 1.82) is 0 Å². The van der Waals surface area contributed by atoms with Gasteiger partial charge in [0.25, 0.3) is 5.91 Å². The predicted octanol–water partition coefficient (Wildman–Crippen LogP) is 1.96. The summed E-state index contributed by atoms with van der Waals surface area (Å²) >= 11 is 0. The lowest BCUT2D eigenvalue weighted by Gasteiger charge is -2.34. The Labute approximate surface area is 146 Å². The first-order chi connectivity index (χ1) is 12.0. The van der Waals surface area contributed by atoms with E-state index in [4.69, 9.17) is 4.74 Å². The van der Waals surface area contributed by atoms with Crippen molar-refractivity contribution in [3.8, 4) is 5.75 Å². The first-order valence-corrected chi connectivity index (χ1v) is 8.28. The summed E-state index contributed by atoms with van der Waals surface area (Å²) in [6.07, 6.45) is 3.28. The average Bonchev–Trinajstić information content (AvgIpc) is 3.11. The molecule has 25 heavy (non-hydrogen) atoms. The number of para-hydroxylation sites is 2. The Morgan fingerprint density at radius 2 is 2.00 bits per heavy atom. The molecular weight excluding hydrogens is 320 g/mol. The van der Waals surface area contributed by atoms with Crippen LogP contribution in [0.15, 0.2) is 36.7 Å². The highest BCUT2D eigenvalue weighted by molar-refractivity contribution is 6.02. The van der Waals surface area contributed by atoms with E-state index in [0.29, 0.717) is 24.4 Å². The maximum Gasteiger partial charge on any atom is 0.257 e. The van der Waals surface area contributed by atoms with Crippen molar-refractivity contribution in [2.75, 3.05) is 31.6 Å². The number of hydrogen-bond donors (Lipinski definition) is 0. The second-order valence-electron chi connectivity index (χ2n) is 6.25. The van der Waals surface area contributed by atoms with E-state index >= 15 is 0 Å². The van der Waals surface area contributed by atoms with Crippen molar-refractivity contribution in [2.45, 2.75) is 19.9 Å². The van der Waals surface area contributed by atoms with Crippen molar-refractivity contribution >= 4 is 17.5 Å². The van der Waals surface area contributed by atoms with E-state index in [-0.39, 0.29) is 24.4 Å². The summed E-state index contributed by atoms with van der Waals surface area (Å²) in [5.41, 5.74) is 1.24. The second-order valence-corrected chi connectivity index (χ2v) is 6.25. The van der Waals surface area contributed by atoms with E-state index in [2.05, 4.69) is 5.10 Å². The molecule has 3 rings (SSSR count). The Morgan fingerprint density at radius 3 is 2.64 bits per heavy atom. The van der Waals surface area contributed by atoms with Crippen molar-refractivity contribution in [1.82, 2.24) is 14.7 Å². The maximum atomic E-state index is 12.6. The fraction of sp³-hybridized carbons (Fsp3) is 0.389. The summed E-state index contributed by atoms with van der Waals surface area (Å²) in [7, 11) is 1.58. The number of benzene rings is 1. The monoisotopic (exact) mass is 342 g/mol. The summed E-state index contributed by atoms with van der Waals surface area (Å²) in [5, 5.41) is 4.19. The Kier molecular flexibility index (Phi) is 4.74. The number of carbonyl (C=O) groups is 2. The fourth-order valence-corrected chi connectivity index (χ4v) is 2.87. The lowest BCUT2D eigenvalue weighted by molar-refractivity contribution is -0.120. The summed E-state index contributed by atoms with van der Waals surface area (Å²) < 4.78 is 7.07. The van der Waals surface area contributed by atoms with Crippen LogP contribution in [-0.2, 0) is 4.79 Å². The highest BCUT2D eigenvalue weighted by Gasteiger charge is 2.30. The standard InChI is InChI=1S/C18H22N4O3/c1-13(2)22-11-14(10-19-22)18(24)20-8-9-21(17(23)12-20)15-6-4-5-7-16(15)25-3/h4-7,10-11,13H,8-9,12H2,1-3H3. The fourth-order valence-electron chi connectivity index (χ4n) is 2.87. The number of aromatic nitrogens is 2. The summed E-state index contributed by atoms with van der Waals surface area (Å²) in [6, 6.07) is 7.58. The number of anilines is 1. The van der Waals surface area contributed by atoms with Crippen LogP contribution in [0, 0.1) is 0 Å². The molecule has 7 nitrogen and oxygen atoms in total. The van der Waals surface area contributed by atoms with Crippen molar-refractivity contribution in [3.63, 3.8) is 0 Å². The molecule has 0 bridgehead atoms. The van der Waals surface area contributed by atoms with Crippen LogP contribution in [0.25, 0.3) is 0 Å². The second kappa shape index (κ2) is 6.96. The molecule has 1 aromatic carbocycles. The van der Waals surface area contributed by atoms with Gasteiger partial charge in [-0.2, -0.15) is 5.10 Å². The van der Waals surface area contributed by atoms with Gasteiger partial charge in [0, 0.05) is 25.3 Å². The molecule has 2 aromatic rings. The predicted molar refractivity (Wildman–Crippen MR) is 93.9 cm³/mol. The average molecular weight is 342 g/mol. The molecule has 7 heteroatoms. The van der Waals surface area contributed by atoms with Gasteiger partial charge in [0.05, 0.1) is 24.6 Å². The van der Waals surface area contributed by atoms with Gasteiger partial charge in [-0.3, -0.25) is 14.3 Å². The minimum atomic E-state index is -0.167. The van der Waals surface area contributed by atoms with E-state index in [0.717, 1.165) is 5.69 Å². The van der Waals surface area contributed by atoms with Crippen LogP contribution in [0.4, 0.5) is 5.69 Å². The summed E-state index contributed by atoms with van der Waals surface area (Å²) in [6.45, 7) is 4.94. The van der Waals surface area contributed by atoms with E-state index in [9.17, 15) is 9.59 Å². The van der Waals surface area contributed by atoms with E-state index in [1.807, 2.05) is 38.1 Å². The summed E-state index contributed by atoms with van der Waals surface area (Å²) in [4.78, 5) is 28.4. The highest BCUT2D eigenvalue weighted by Crippen LogP contribution is 2.29. The Balaban J connectivity index is 1.73. The molecule has 0 atom stereocenters. The lowest BCUT2D eigenvalue weighted by Crippen LogP contribution is -2.52. The number of ether oxygens (including phenoxy) is 1. The van der Waals surface area contributed by atoms with Gasteiger partial charge in [-0.15, -0.1) is 0 Å². The Hall–Kier alpha value is -2.83. The molecule has 1 saturated heterocycles. The van der Waals surface area contributed by atoms with E-state index in [1.165, 1.54) is 0 Å². The minimum absolute atomic E-state index is 0.0454. The van der Waals surface area contributed by atoms with Gasteiger partial charge in [0.15, 0.2) is 0 Å². The zero-order valence-electron chi connectivity index (χ0n) is 14.7. The molecule has 0 N–H and O–H groups in total. The van der Waals surface area contributed by atoms with Gasteiger partial charge >= 0.3 is 0 Å². The molecule has 0 unspecified atom stereocenters. The molecule has 0 spiro atoms. The molecule has 1 aromatic heterocycles. The van der Waals surface area contributed by atoms with Crippen LogP contribution in [-0.4, -0.2) is 53.2 Å². The Bertz CT molecular complexity index is 784. The molecule has 2 amide bonds. The van der Waals surface area contributed by atoms with Crippen LogP contribution in [0.3, 0.4) is 0 Å². The zero-order chi connectivity index (χ0) is 18.0. The topological polar surface area (TPSA) is 67.7 Å². The smallest absolute Gasteiger partial charge is 0.257 e. The highest BCUT2D eigenvalue weighted by atomic mass is 16.5. The first-order valence-electron chi connectivity index (χ1n) is 8.28.